The summed E-state index contributed by atoms with van der Waals surface area (Å²) in [6, 6.07) is 26.1. The summed E-state index contributed by atoms with van der Waals surface area (Å²) >= 11 is 8.65. The smallest absolute Gasteiger partial charge is 0.352 e. The number of aryl methyl sites for hydroxylation is 1. The first-order valence-electron chi connectivity index (χ1n) is 27.2. The lowest BCUT2D eigenvalue weighted by atomic mass is 9.81. The summed E-state index contributed by atoms with van der Waals surface area (Å²) in [6.45, 7) is 4.62. The predicted molar refractivity (Wildman–Crippen MR) is 308 cm³/mol. The Hall–Kier alpha value is -5.70. The van der Waals surface area contributed by atoms with Crippen molar-refractivity contribution < 1.29 is 18.0 Å². The molecule has 72 heavy (non-hydrogen) atoms. The fourth-order valence-corrected chi connectivity index (χ4v) is 10.4. The van der Waals surface area contributed by atoms with Gasteiger partial charge in [0.05, 0.1) is 0 Å². The van der Waals surface area contributed by atoms with E-state index in [2.05, 4.69) is 215 Å². The van der Waals surface area contributed by atoms with Gasteiger partial charge in [-0.1, -0.05) is 119 Å². The van der Waals surface area contributed by atoms with E-state index in [1.165, 1.54) is 125 Å². The van der Waals surface area contributed by atoms with Crippen LogP contribution in [0.4, 0.5) is 0 Å². The van der Waals surface area contributed by atoms with E-state index in [1.807, 2.05) is 0 Å². The number of nitrogens with zero attached hydrogens (tertiary/aromatic N) is 4. The summed E-state index contributed by atoms with van der Waals surface area (Å²) in [5.41, 5.74) is 11.6. The lowest BCUT2D eigenvalue weighted by molar-refractivity contribution is -0.717. The van der Waals surface area contributed by atoms with Crippen molar-refractivity contribution in [2.45, 2.75) is 116 Å². The van der Waals surface area contributed by atoms with Crippen LogP contribution in [0, 0.1) is 0 Å². The zero-order valence-corrected chi connectivity index (χ0v) is 44.4. The van der Waals surface area contributed by atoms with Crippen molar-refractivity contribution in [3.63, 3.8) is 0 Å². The lowest BCUT2D eigenvalue weighted by Gasteiger charge is -2.21. The maximum absolute atomic E-state index is 6.79. The standard InChI is InChI=1S/C64H76N4O2S2/c71-51-19-11-7-3-1-5-9-17-37-65-39-29-53(30-40-65)55-33-43-67(44-34-55)47-49-69-61-27-25-57-21-13-15-23-59(57)63(61)64-60-24-16-14-22-58(60)26-28-62(64)70-50-48-68-45-35-56(36-46-68)54-31-41-66(42-32-54)38-18-10-6-2-4-8-12-20-52-72/h13-16,21-36,39-46H,1-12,17-20,37-38,47-52H2/q+2/p+2. The van der Waals surface area contributed by atoms with Crippen molar-refractivity contribution in [2.75, 3.05) is 37.8 Å². The van der Waals surface area contributed by atoms with E-state index in [0.717, 1.165) is 69.6 Å². The molecule has 0 saturated carbocycles. The number of rotatable bonds is 27. The molecule has 2 aliphatic carbocycles. The van der Waals surface area contributed by atoms with Crippen LogP contribution in [-0.2, 0) is 21.9 Å². The van der Waals surface area contributed by atoms with Crippen LogP contribution in [0.2, 0.25) is 0 Å². The van der Waals surface area contributed by atoms with E-state index in [9.17, 15) is 0 Å². The molecule has 0 amide bonds. The molecule has 2 aliphatic heterocycles. The molecular weight excluding hydrogens is 921 g/mol. The molecule has 2 aromatic carbocycles. The first-order valence-corrected chi connectivity index (χ1v) is 28.4. The highest BCUT2D eigenvalue weighted by molar-refractivity contribution is 7.80. The van der Waals surface area contributed by atoms with E-state index in [1.54, 1.807) is 0 Å². The molecular formula is C64H78N4O2S2+4. The molecule has 374 valence electrons. The van der Waals surface area contributed by atoms with E-state index >= 15 is 0 Å². The molecule has 0 unspecified atom stereocenters. The van der Waals surface area contributed by atoms with Crippen molar-refractivity contribution >= 4 is 60.1 Å². The van der Waals surface area contributed by atoms with Crippen LogP contribution < -0.4 is 9.13 Å². The van der Waals surface area contributed by atoms with Gasteiger partial charge in [0.2, 0.25) is 6.54 Å². The van der Waals surface area contributed by atoms with Gasteiger partial charge in [0.15, 0.2) is 24.8 Å². The van der Waals surface area contributed by atoms with Gasteiger partial charge >= 0.3 is 18.2 Å². The second kappa shape index (κ2) is 29.1. The number of pyridine rings is 2. The van der Waals surface area contributed by atoms with Gasteiger partial charge < -0.3 is 9.80 Å². The molecule has 4 aromatic rings. The maximum atomic E-state index is 6.79. The number of fused-ring (bicyclic) bond motifs is 2. The molecule has 0 radical (unpaired) electrons. The summed E-state index contributed by atoms with van der Waals surface area (Å²) in [6.07, 6.45) is 56.1. The Labute approximate surface area is 442 Å². The molecule has 0 fully saturated rings. The van der Waals surface area contributed by atoms with Gasteiger partial charge in [0, 0.05) is 74.2 Å². The van der Waals surface area contributed by atoms with Crippen LogP contribution in [0.3, 0.4) is 0 Å². The minimum Gasteiger partial charge on any atom is -0.354 e. The van der Waals surface area contributed by atoms with Crippen molar-refractivity contribution in [3.8, 4) is 11.1 Å². The zero-order valence-electron chi connectivity index (χ0n) is 42.6. The Kier molecular flexibility index (Phi) is 21.3. The van der Waals surface area contributed by atoms with Crippen molar-refractivity contribution in [1.29, 1.82) is 0 Å². The van der Waals surface area contributed by atoms with E-state index < -0.39 is 0 Å². The molecule has 6 nitrogen and oxygen atoms in total. The highest BCUT2D eigenvalue weighted by Crippen LogP contribution is 2.38. The minimum absolute atomic E-state index is 0.519. The van der Waals surface area contributed by atoms with Gasteiger partial charge in [-0.15, -0.1) is 0 Å². The second-order valence-corrected chi connectivity index (χ2v) is 20.3. The number of allylic oxidation sites excluding steroid dienone is 10. The fourth-order valence-electron chi connectivity index (χ4n) is 9.91. The van der Waals surface area contributed by atoms with Crippen molar-refractivity contribution in [3.05, 3.63) is 192 Å². The third-order valence-electron chi connectivity index (χ3n) is 14.1. The van der Waals surface area contributed by atoms with Crippen molar-refractivity contribution in [1.82, 2.24) is 9.80 Å². The first-order chi connectivity index (χ1) is 35.7. The number of unbranched alkanes of at least 4 members (excludes halogenated alkanes) is 14. The number of hydrogen-bond acceptors (Lipinski definition) is 4. The monoisotopic (exact) mass is 999 g/mol. The Balaban J connectivity index is 0.877. The minimum atomic E-state index is 0.519. The average molecular weight is 999 g/mol. The van der Waals surface area contributed by atoms with E-state index in [-0.39, 0.29) is 0 Å². The Morgan fingerprint density at radius 2 is 0.778 bits per heavy atom. The van der Waals surface area contributed by atoms with Gasteiger partial charge in [-0.2, -0.15) is 29.8 Å². The predicted octanol–water partition coefficient (Wildman–Crippen LogP) is 13.9. The number of carbonyl (C=O) groups excluding carboxylic acids is 2. The summed E-state index contributed by atoms with van der Waals surface area (Å²) in [5.74, 6) is 3.73. The van der Waals surface area contributed by atoms with Crippen LogP contribution in [0.5, 0.6) is 0 Å². The van der Waals surface area contributed by atoms with Crippen LogP contribution >= 0.6 is 25.3 Å². The summed E-state index contributed by atoms with van der Waals surface area (Å²) < 4.78 is 18.1. The number of hydrogen-bond donors (Lipinski definition) is 2. The summed E-state index contributed by atoms with van der Waals surface area (Å²) in [5, 5.41) is 0. The number of aromatic nitrogens is 2. The number of benzene rings is 2. The fraction of sp³-hybridized carbons (Fsp3) is 0.375. The molecule has 4 heterocycles. The van der Waals surface area contributed by atoms with Gasteiger partial charge in [-0.3, -0.25) is 4.42 Å². The summed E-state index contributed by atoms with van der Waals surface area (Å²) in [7, 11) is 0. The molecule has 2 aromatic heterocycles. The Bertz CT molecular complexity index is 2650. The summed E-state index contributed by atoms with van der Waals surface area (Å²) in [4.78, 5) is 4.53. The SMILES string of the molecule is SCCCCCCCCCCN1C=CC(=C2C=CN(CC[O+]=C3C=Cc4ccccc4C3=C3C(=[O+]CC[n+]4ccc(-c5cc[n+](CCCCCCCCCCS)cc5)cc4)C=Cc4ccccc43)C=C2)C=C1. The first kappa shape index (κ1) is 52.6. The molecule has 8 rings (SSSR count). The average Bonchev–Trinajstić information content (AvgIpc) is 3.43. The van der Waals surface area contributed by atoms with Crippen LogP contribution in [-0.4, -0.2) is 59.2 Å². The largest absolute Gasteiger partial charge is 0.354 e. The molecule has 0 spiro atoms. The molecule has 8 heteroatoms. The van der Waals surface area contributed by atoms with E-state index in [0.29, 0.717) is 26.3 Å². The molecule has 0 saturated heterocycles. The van der Waals surface area contributed by atoms with Crippen LogP contribution in [0.25, 0.3) is 34.4 Å². The third-order valence-corrected chi connectivity index (χ3v) is 14.8. The quantitative estimate of drug-likeness (QED) is 0.0205. The topological polar surface area (TPSA) is 36.8 Å². The highest BCUT2D eigenvalue weighted by atomic mass is 32.1. The zero-order chi connectivity index (χ0) is 49.4. The Morgan fingerprint density at radius 1 is 0.375 bits per heavy atom. The number of ketones is 2. The molecule has 0 atom stereocenters. The van der Waals surface area contributed by atoms with Gasteiger partial charge in [-0.05, 0) is 118 Å². The second-order valence-electron chi connectivity index (χ2n) is 19.4. The maximum Gasteiger partial charge on any atom is 0.352 e. The normalized spacial score (nSPS) is 17.0. The molecule has 0 bridgehead atoms. The van der Waals surface area contributed by atoms with Gasteiger partial charge in [0.25, 0.3) is 6.61 Å². The Morgan fingerprint density at radius 3 is 1.26 bits per heavy atom. The molecule has 4 aliphatic rings. The van der Waals surface area contributed by atoms with Crippen LogP contribution in [0.1, 0.15) is 125 Å². The van der Waals surface area contributed by atoms with Crippen LogP contribution in [0.15, 0.2) is 170 Å². The number of thiol groups is 2. The van der Waals surface area contributed by atoms with Gasteiger partial charge in [-0.25, -0.2) is 8.99 Å². The lowest BCUT2D eigenvalue weighted by Crippen LogP contribution is -2.35. The highest BCUT2D eigenvalue weighted by Gasteiger charge is 2.36. The van der Waals surface area contributed by atoms with Gasteiger partial charge in [0.1, 0.15) is 24.2 Å². The van der Waals surface area contributed by atoms with Crippen molar-refractivity contribution in [2.24, 2.45) is 0 Å². The third kappa shape index (κ3) is 15.7. The molecule has 0 N–H and O–H groups in total. The van der Waals surface area contributed by atoms with E-state index in [4.69, 9.17) is 8.85 Å².